The molecule has 0 aliphatic carbocycles. The van der Waals surface area contributed by atoms with Crippen LogP contribution in [0.3, 0.4) is 0 Å². The van der Waals surface area contributed by atoms with Gasteiger partial charge in [-0.3, -0.25) is 0 Å². The number of aryl methyl sites for hydroxylation is 1. The van der Waals surface area contributed by atoms with E-state index in [1.807, 2.05) is 19.9 Å². The molecule has 0 fully saturated rings. The predicted octanol–water partition coefficient (Wildman–Crippen LogP) is 3.72. The third-order valence-corrected chi connectivity index (χ3v) is 2.06. The molecule has 1 heteroatoms. The van der Waals surface area contributed by atoms with E-state index in [0.717, 1.165) is 5.75 Å². The van der Waals surface area contributed by atoms with Crippen molar-refractivity contribution in [3.05, 3.63) is 36.2 Å². The van der Waals surface area contributed by atoms with Crippen LogP contribution in [0.4, 0.5) is 0 Å². The molecule has 0 saturated heterocycles. The van der Waals surface area contributed by atoms with Gasteiger partial charge in [0.25, 0.3) is 0 Å². The maximum absolute atomic E-state index is 5.72. The highest BCUT2D eigenvalue weighted by molar-refractivity contribution is 5.39. The normalized spacial score (nSPS) is 11.1. The van der Waals surface area contributed by atoms with Gasteiger partial charge in [0.15, 0.2) is 0 Å². The molecule has 0 aromatic heterocycles. The van der Waals surface area contributed by atoms with Gasteiger partial charge in [0.05, 0.1) is 6.10 Å². The average Bonchev–Trinajstić information content (AvgIpc) is 2.07. The number of hydrogen-bond donors (Lipinski definition) is 0. The fourth-order valence-electron chi connectivity index (χ4n) is 1.41. The minimum Gasteiger partial charge on any atom is -0.491 e. The van der Waals surface area contributed by atoms with E-state index in [9.17, 15) is 0 Å². The molecule has 0 bridgehead atoms. The second kappa shape index (κ2) is 4.50. The second-order valence-electron chi connectivity index (χ2n) is 4.11. The fraction of sp³-hybridized carbons (Fsp3) is 0.462. The van der Waals surface area contributed by atoms with Crippen molar-refractivity contribution in [1.29, 1.82) is 0 Å². The van der Waals surface area contributed by atoms with Gasteiger partial charge in [-0.05, 0) is 45.2 Å². The lowest BCUT2D eigenvalue weighted by molar-refractivity contribution is 0.239. The van der Waals surface area contributed by atoms with Crippen molar-refractivity contribution in [3.8, 4) is 5.75 Å². The molecule has 0 aliphatic rings. The minimum absolute atomic E-state index is 0.218. The lowest BCUT2D eigenvalue weighted by atomic mass is 10.00. The Kier molecular flexibility index (Phi) is 3.56. The zero-order chi connectivity index (χ0) is 10.7. The topological polar surface area (TPSA) is 9.23 Å². The van der Waals surface area contributed by atoms with E-state index in [-0.39, 0.29) is 12.0 Å². The molecule has 0 aliphatic heterocycles. The van der Waals surface area contributed by atoms with Crippen LogP contribution < -0.4 is 4.74 Å². The Bertz CT molecular complexity index is 300. The molecular weight excluding hydrogens is 172 g/mol. The predicted molar refractivity (Wildman–Crippen MR) is 60.7 cm³/mol. The summed E-state index contributed by atoms with van der Waals surface area (Å²) in [5, 5.41) is 0. The highest BCUT2D eigenvalue weighted by Crippen LogP contribution is 2.27. The third-order valence-electron chi connectivity index (χ3n) is 2.06. The quantitative estimate of drug-likeness (QED) is 0.707. The Hall–Kier alpha value is -0.980. The molecule has 1 aromatic carbocycles. The van der Waals surface area contributed by atoms with Crippen LogP contribution in [0.2, 0.25) is 0 Å². The first-order valence-electron chi connectivity index (χ1n) is 5.11. The van der Waals surface area contributed by atoms with E-state index in [1.54, 1.807) is 0 Å². The SMILES string of the molecule is [CH2]C(C)c1cc(C)ccc1OC(C)C. The standard InChI is InChI=1S/C13H19O/c1-9(2)12-8-11(5)6-7-13(12)14-10(3)4/h6-10H,1H2,2-5H3. The van der Waals surface area contributed by atoms with Crippen molar-refractivity contribution in [2.45, 2.75) is 39.7 Å². The molecule has 77 valence electrons. The van der Waals surface area contributed by atoms with E-state index in [1.165, 1.54) is 11.1 Å². The van der Waals surface area contributed by atoms with E-state index >= 15 is 0 Å². The van der Waals surface area contributed by atoms with Gasteiger partial charge in [-0.1, -0.05) is 24.6 Å². The van der Waals surface area contributed by atoms with Crippen molar-refractivity contribution in [1.82, 2.24) is 0 Å². The van der Waals surface area contributed by atoms with Crippen LogP contribution >= 0.6 is 0 Å². The summed E-state index contributed by atoms with van der Waals surface area (Å²) in [5.41, 5.74) is 2.45. The van der Waals surface area contributed by atoms with Gasteiger partial charge in [-0.25, -0.2) is 0 Å². The summed E-state index contributed by atoms with van der Waals surface area (Å²) in [6.45, 7) is 12.3. The van der Waals surface area contributed by atoms with Gasteiger partial charge in [0, 0.05) is 0 Å². The number of benzene rings is 1. The summed E-state index contributed by atoms with van der Waals surface area (Å²) in [6.07, 6.45) is 0.218. The minimum atomic E-state index is 0.218. The Morgan fingerprint density at radius 2 is 1.86 bits per heavy atom. The Labute approximate surface area is 87.1 Å². The third kappa shape index (κ3) is 2.76. The highest BCUT2D eigenvalue weighted by Gasteiger charge is 2.08. The zero-order valence-electron chi connectivity index (χ0n) is 9.50. The number of hydrogen-bond acceptors (Lipinski definition) is 1. The summed E-state index contributed by atoms with van der Waals surface area (Å²) in [6, 6.07) is 6.26. The molecule has 1 aromatic rings. The van der Waals surface area contributed by atoms with Crippen LogP contribution in [0.15, 0.2) is 18.2 Å². The molecule has 1 unspecified atom stereocenters. The maximum Gasteiger partial charge on any atom is 0.123 e. The summed E-state index contributed by atoms with van der Waals surface area (Å²) < 4.78 is 5.72. The molecule has 14 heavy (non-hydrogen) atoms. The lowest BCUT2D eigenvalue weighted by Crippen LogP contribution is -2.08. The Morgan fingerprint density at radius 1 is 1.21 bits per heavy atom. The van der Waals surface area contributed by atoms with Crippen molar-refractivity contribution in [2.24, 2.45) is 0 Å². The first kappa shape index (κ1) is 11.1. The van der Waals surface area contributed by atoms with Gasteiger partial charge >= 0.3 is 0 Å². The van der Waals surface area contributed by atoms with Crippen LogP contribution in [0, 0.1) is 13.8 Å². The molecule has 0 N–H and O–H groups in total. The number of rotatable bonds is 3. The van der Waals surface area contributed by atoms with Crippen LogP contribution in [0.1, 0.15) is 37.8 Å². The van der Waals surface area contributed by atoms with Crippen LogP contribution in [-0.4, -0.2) is 6.10 Å². The van der Waals surface area contributed by atoms with Crippen LogP contribution in [-0.2, 0) is 0 Å². The maximum atomic E-state index is 5.72. The van der Waals surface area contributed by atoms with Gasteiger partial charge in [0.1, 0.15) is 5.75 Å². The first-order valence-corrected chi connectivity index (χ1v) is 5.11. The monoisotopic (exact) mass is 191 g/mol. The first-order chi connectivity index (χ1) is 6.50. The highest BCUT2D eigenvalue weighted by atomic mass is 16.5. The molecule has 1 atom stereocenters. The summed E-state index contributed by atoms with van der Waals surface area (Å²) in [4.78, 5) is 0. The van der Waals surface area contributed by atoms with E-state index in [0.29, 0.717) is 0 Å². The molecular formula is C13H19O. The fourth-order valence-corrected chi connectivity index (χ4v) is 1.41. The number of ether oxygens (including phenoxy) is 1. The molecule has 1 nitrogen and oxygen atoms in total. The van der Waals surface area contributed by atoms with E-state index in [4.69, 9.17) is 4.74 Å². The molecule has 0 saturated carbocycles. The molecule has 1 radical (unpaired) electrons. The summed E-state index contributed by atoms with van der Waals surface area (Å²) in [5.74, 6) is 1.23. The van der Waals surface area contributed by atoms with Gasteiger partial charge < -0.3 is 4.74 Å². The molecule has 0 heterocycles. The summed E-state index contributed by atoms with van der Waals surface area (Å²) in [7, 11) is 0. The van der Waals surface area contributed by atoms with Gasteiger partial charge in [0.2, 0.25) is 0 Å². The molecule has 1 rings (SSSR count). The molecule has 0 spiro atoms. The van der Waals surface area contributed by atoms with Crippen molar-refractivity contribution in [2.75, 3.05) is 0 Å². The Balaban J connectivity index is 3.02. The smallest absolute Gasteiger partial charge is 0.123 e. The van der Waals surface area contributed by atoms with Crippen LogP contribution in [0.5, 0.6) is 5.75 Å². The molecule has 0 amide bonds. The lowest BCUT2D eigenvalue weighted by Gasteiger charge is -2.16. The van der Waals surface area contributed by atoms with Crippen molar-refractivity contribution in [3.63, 3.8) is 0 Å². The summed E-state index contributed by atoms with van der Waals surface area (Å²) >= 11 is 0. The van der Waals surface area contributed by atoms with Crippen LogP contribution in [0.25, 0.3) is 0 Å². The van der Waals surface area contributed by atoms with Gasteiger partial charge in [-0.2, -0.15) is 0 Å². The largest absolute Gasteiger partial charge is 0.491 e. The van der Waals surface area contributed by atoms with E-state index in [2.05, 4.69) is 32.9 Å². The second-order valence-corrected chi connectivity index (χ2v) is 4.11. The van der Waals surface area contributed by atoms with Crippen molar-refractivity contribution >= 4 is 0 Å². The van der Waals surface area contributed by atoms with Crippen molar-refractivity contribution < 1.29 is 4.74 Å². The average molecular weight is 191 g/mol. The Morgan fingerprint density at radius 3 is 2.36 bits per heavy atom. The zero-order valence-corrected chi connectivity index (χ0v) is 9.50. The van der Waals surface area contributed by atoms with E-state index < -0.39 is 0 Å². The van der Waals surface area contributed by atoms with Gasteiger partial charge in [-0.15, -0.1) is 0 Å².